The van der Waals surface area contributed by atoms with Crippen molar-refractivity contribution in [1.29, 1.82) is 0 Å². The Bertz CT molecular complexity index is 642. The molecule has 102 valence electrons. The van der Waals surface area contributed by atoms with Crippen LogP contribution < -0.4 is 5.32 Å². The van der Waals surface area contributed by atoms with Crippen LogP contribution in [0.3, 0.4) is 0 Å². The van der Waals surface area contributed by atoms with Crippen LogP contribution in [0.15, 0.2) is 42.5 Å². The molecular weight excluding hydrogens is 272 g/mol. The van der Waals surface area contributed by atoms with Crippen LogP contribution in [0.5, 0.6) is 0 Å². The zero-order chi connectivity index (χ0) is 13.9. The molecule has 0 saturated heterocycles. The predicted octanol–water partition coefficient (Wildman–Crippen LogP) is 3.54. The standard InChI is InChI=1S/C16H15ClN2O/c17-15-10-4-9-14(18-15)16(20)19-13-8-3-6-11-5-1-2-7-12(11)13/h1-2,4-5,7,9-10,13H,3,6,8H2,(H,19,20). The van der Waals surface area contributed by atoms with Crippen molar-refractivity contribution >= 4 is 17.5 Å². The highest BCUT2D eigenvalue weighted by Crippen LogP contribution is 2.29. The molecule has 1 unspecified atom stereocenters. The van der Waals surface area contributed by atoms with Gasteiger partial charge in [-0.25, -0.2) is 4.98 Å². The lowest BCUT2D eigenvalue weighted by Gasteiger charge is -2.26. The second kappa shape index (κ2) is 5.63. The molecule has 1 aromatic heterocycles. The summed E-state index contributed by atoms with van der Waals surface area (Å²) < 4.78 is 0. The molecule has 3 rings (SSSR count). The third kappa shape index (κ3) is 2.68. The smallest absolute Gasteiger partial charge is 0.270 e. The maximum atomic E-state index is 12.2. The van der Waals surface area contributed by atoms with Crippen LogP contribution in [0.4, 0.5) is 0 Å². The number of nitrogens with one attached hydrogen (secondary N) is 1. The van der Waals surface area contributed by atoms with Crippen LogP contribution >= 0.6 is 11.6 Å². The Morgan fingerprint density at radius 1 is 1.20 bits per heavy atom. The summed E-state index contributed by atoms with van der Waals surface area (Å²) in [5.74, 6) is -0.172. The number of amides is 1. The van der Waals surface area contributed by atoms with E-state index in [1.54, 1.807) is 18.2 Å². The number of aryl methyl sites for hydroxylation is 1. The fourth-order valence-corrected chi connectivity index (χ4v) is 2.83. The summed E-state index contributed by atoms with van der Waals surface area (Å²) in [5, 5.41) is 3.39. The lowest BCUT2D eigenvalue weighted by atomic mass is 9.87. The van der Waals surface area contributed by atoms with Crippen molar-refractivity contribution in [2.24, 2.45) is 0 Å². The Hall–Kier alpha value is -1.87. The molecule has 1 atom stereocenters. The van der Waals surface area contributed by atoms with E-state index in [1.165, 1.54) is 11.1 Å². The van der Waals surface area contributed by atoms with Gasteiger partial charge in [-0.15, -0.1) is 0 Å². The topological polar surface area (TPSA) is 42.0 Å². The molecule has 1 N–H and O–H groups in total. The molecule has 3 nitrogen and oxygen atoms in total. The van der Waals surface area contributed by atoms with E-state index in [2.05, 4.69) is 22.4 Å². The SMILES string of the molecule is O=C(NC1CCCc2ccccc21)c1cccc(Cl)n1. The normalized spacial score (nSPS) is 17.4. The van der Waals surface area contributed by atoms with E-state index in [-0.39, 0.29) is 11.9 Å². The largest absolute Gasteiger partial charge is 0.344 e. The average molecular weight is 287 g/mol. The molecule has 1 heterocycles. The first-order valence-electron chi connectivity index (χ1n) is 6.75. The van der Waals surface area contributed by atoms with Gasteiger partial charge in [-0.2, -0.15) is 0 Å². The predicted molar refractivity (Wildman–Crippen MR) is 78.8 cm³/mol. The van der Waals surface area contributed by atoms with E-state index in [0.29, 0.717) is 10.8 Å². The number of hydrogen-bond donors (Lipinski definition) is 1. The Kier molecular flexibility index (Phi) is 3.70. The second-order valence-electron chi connectivity index (χ2n) is 4.96. The van der Waals surface area contributed by atoms with Crippen LogP contribution in [0.2, 0.25) is 5.15 Å². The van der Waals surface area contributed by atoms with Crippen LogP contribution in [0, 0.1) is 0 Å². The third-order valence-electron chi connectivity index (χ3n) is 3.62. The highest BCUT2D eigenvalue weighted by molar-refractivity contribution is 6.29. The summed E-state index contributed by atoms with van der Waals surface area (Å²) >= 11 is 5.82. The molecule has 0 radical (unpaired) electrons. The van der Waals surface area contributed by atoms with Crippen molar-refractivity contribution in [1.82, 2.24) is 10.3 Å². The number of nitrogens with zero attached hydrogens (tertiary/aromatic N) is 1. The monoisotopic (exact) mass is 286 g/mol. The Morgan fingerprint density at radius 2 is 2.05 bits per heavy atom. The van der Waals surface area contributed by atoms with Crippen LogP contribution in [-0.4, -0.2) is 10.9 Å². The van der Waals surface area contributed by atoms with Crippen molar-refractivity contribution in [3.8, 4) is 0 Å². The fourth-order valence-electron chi connectivity index (χ4n) is 2.67. The van der Waals surface area contributed by atoms with Gasteiger partial charge in [0.2, 0.25) is 0 Å². The lowest BCUT2D eigenvalue weighted by molar-refractivity contribution is 0.0927. The van der Waals surface area contributed by atoms with E-state index >= 15 is 0 Å². The highest BCUT2D eigenvalue weighted by Gasteiger charge is 2.22. The minimum absolute atomic E-state index is 0.0632. The Labute approximate surface area is 123 Å². The summed E-state index contributed by atoms with van der Waals surface area (Å²) in [4.78, 5) is 16.3. The van der Waals surface area contributed by atoms with E-state index < -0.39 is 0 Å². The van der Waals surface area contributed by atoms with Gasteiger partial charge >= 0.3 is 0 Å². The minimum atomic E-state index is -0.172. The number of halogens is 1. The molecule has 0 spiro atoms. The molecule has 0 saturated carbocycles. The Morgan fingerprint density at radius 3 is 2.90 bits per heavy atom. The number of hydrogen-bond acceptors (Lipinski definition) is 2. The number of fused-ring (bicyclic) bond motifs is 1. The molecule has 0 bridgehead atoms. The number of rotatable bonds is 2. The van der Waals surface area contributed by atoms with Gasteiger partial charge in [0.15, 0.2) is 0 Å². The zero-order valence-corrected chi connectivity index (χ0v) is 11.7. The number of carbonyl (C=O) groups is 1. The second-order valence-corrected chi connectivity index (χ2v) is 5.35. The number of pyridine rings is 1. The summed E-state index contributed by atoms with van der Waals surface area (Å²) in [6.07, 6.45) is 3.13. The summed E-state index contributed by atoms with van der Waals surface area (Å²) in [7, 11) is 0. The van der Waals surface area contributed by atoms with E-state index in [1.807, 2.05) is 12.1 Å². The minimum Gasteiger partial charge on any atom is -0.344 e. The van der Waals surface area contributed by atoms with Gasteiger partial charge in [0.1, 0.15) is 10.8 Å². The lowest BCUT2D eigenvalue weighted by Crippen LogP contribution is -2.31. The van der Waals surface area contributed by atoms with Crippen molar-refractivity contribution in [3.63, 3.8) is 0 Å². The van der Waals surface area contributed by atoms with Gasteiger partial charge in [-0.1, -0.05) is 41.9 Å². The van der Waals surface area contributed by atoms with Crippen molar-refractivity contribution in [2.45, 2.75) is 25.3 Å². The van der Waals surface area contributed by atoms with Crippen molar-refractivity contribution in [3.05, 3.63) is 64.4 Å². The molecular formula is C16H15ClN2O. The third-order valence-corrected chi connectivity index (χ3v) is 3.83. The van der Waals surface area contributed by atoms with Gasteiger partial charge < -0.3 is 5.32 Å². The summed E-state index contributed by atoms with van der Waals surface area (Å²) in [6.45, 7) is 0. The average Bonchev–Trinajstić information content (AvgIpc) is 2.47. The van der Waals surface area contributed by atoms with Crippen molar-refractivity contribution in [2.75, 3.05) is 0 Å². The molecule has 1 aliphatic rings. The van der Waals surface area contributed by atoms with Gasteiger partial charge in [0, 0.05) is 0 Å². The van der Waals surface area contributed by atoms with Gasteiger partial charge in [-0.3, -0.25) is 4.79 Å². The Balaban J connectivity index is 1.81. The van der Waals surface area contributed by atoms with E-state index in [4.69, 9.17) is 11.6 Å². The van der Waals surface area contributed by atoms with Gasteiger partial charge in [-0.05, 0) is 42.5 Å². The summed E-state index contributed by atoms with van der Waals surface area (Å²) in [5.41, 5.74) is 2.90. The molecule has 20 heavy (non-hydrogen) atoms. The highest BCUT2D eigenvalue weighted by atomic mass is 35.5. The molecule has 1 amide bonds. The molecule has 1 aromatic carbocycles. The number of carbonyl (C=O) groups excluding carboxylic acids is 1. The van der Waals surface area contributed by atoms with Gasteiger partial charge in [0.05, 0.1) is 6.04 Å². The van der Waals surface area contributed by atoms with Gasteiger partial charge in [0.25, 0.3) is 5.91 Å². The first-order chi connectivity index (χ1) is 9.74. The fraction of sp³-hybridized carbons (Fsp3) is 0.250. The van der Waals surface area contributed by atoms with E-state index in [9.17, 15) is 4.79 Å². The molecule has 4 heteroatoms. The first-order valence-corrected chi connectivity index (χ1v) is 7.13. The molecule has 0 fully saturated rings. The maximum Gasteiger partial charge on any atom is 0.270 e. The van der Waals surface area contributed by atoms with E-state index in [0.717, 1.165) is 19.3 Å². The first kappa shape index (κ1) is 13.1. The quantitative estimate of drug-likeness (QED) is 0.858. The van der Waals surface area contributed by atoms with Crippen molar-refractivity contribution < 1.29 is 4.79 Å². The van der Waals surface area contributed by atoms with Crippen LogP contribution in [0.1, 0.15) is 40.5 Å². The van der Waals surface area contributed by atoms with Crippen LogP contribution in [-0.2, 0) is 6.42 Å². The molecule has 0 aliphatic heterocycles. The maximum absolute atomic E-state index is 12.2. The summed E-state index contributed by atoms with van der Waals surface area (Å²) in [6, 6.07) is 13.4. The molecule has 1 aliphatic carbocycles. The van der Waals surface area contributed by atoms with Crippen LogP contribution in [0.25, 0.3) is 0 Å². The number of benzene rings is 1. The number of aromatic nitrogens is 1. The zero-order valence-electron chi connectivity index (χ0n) is 11.0. The molecule has 2 aromatic rings.